The summed E-state index contributed by atoms with van der Waals surface area (Å²) in [6.07, 6.45) is 3.62. The van der Waals surface area contributed by atoms with E-state index in [1.165, 1.54) is 0 Å². The number of benzene rings is 2. The predicted octanol–water partition coefficient (Wildman–Crippen LogP) is 2.81. The molecule has 0 bridgehead atoms. The van der Waals surface area contributed by atoms with Gasteiger partial charge in [-0.25, -0.2) is 0 Å². The zero-order chi connectivity index (χ0) is 14.3. The van der Waals surface area contributed by atoms with Crippen molar-refractivity contribution in [1.29, 1.82) is 0 Å². The van der Waals surface area contributed by atoms with Gasteiger partial charge in [0, 0.05) is 0 Å². The highest BCUT2D eigenvalue weighted by Crippen LogP contribution is 2.60. The molecule has 106 valence electrons. The van der Waals surface area contributed by atoms with Crippen LogP contribution >= 0.6 is 0 Å². The summed E-state index contributed by atoms with van der Waals surface area (Å²) in [6.45, 7) is -0.161. The van der Waals surface area contributed by atoms with E-state index in [1.807, 2.05) is 42.5 Å². The van der Waals surface area contributed by atoms with Gasteiger partial charge in [0.1, 0.15) is 12.2 Å². The predicted molar refractivity (Wildman–Crippen MR) is 78.3 cm³/mol. The summed E-state index contributed by atoms with van der Waals surface area (Å²) < 4.78 is 11.8. The average Bonchev–Trinajstić information content (AvgIpc) is 2.89. The van der Waals surface area contributed by atoms with Gasteiger partial charge in [0.2, 0.25) is 5.79 Å². The normalized spacial score (nSPS) is 28.5. The smallest absolute Gasteiger partial charge is 0.244 e. The number of hydrogen-bond acceptors (Lipinski definition) is 3. The Morgan fingerprint density at radius 1 is 0.905 bits per heavy atom. The highest BCUT2D eigenvalue weighted by Gasteiger charge is 2.69. The standard InChI is InChI=1S/C18H16O3/c19-13-17-16(11-12-20-17)18(21-17,14-7-3-1-4-8-14)15-9-5-2-6-10-15/h1-12,16,19H,13H2/t16-,17-/m0/s1. The van der Waals surface area contributed by atoms with E-state index in [1.54, 1.807) is 6.26 Å². The van der Waals surface area contributed by atoms with Crippen LogP contribution in [0.3, 0.4) is 0 Å². The molecule has 1 saturated heterocycles. The zero-order valence-corrected chi connectivity index (χ0v) is 11.5. The second-order valence-corrected chi connectivity index (χ2v) is 5.46. The molecule has 0 unspecified atom stereocenters. The Kier molecular flexibility index (Phi) is 2.67. The third-order valence-electron chi connectivity index (χ3n) is 4.41. The van der Waals surface area contributed by atoms with Gasteiger partial charge in [-0.15, -0.1) is 0 Å². The van der Waals surface area contributed by atoms with Crippen molar-refractivity contribution >= 4 is 0 Å². The fourth-order valence-electron chi connectivity index (χ4n) is 3.45. The Balaban J connectivity index is 1.88. The summed E-state index contributed by atoms with van der Waals surface area (Å²) in [6, 6.07) is 20.2. The van der Waals surface area contributed by atoms with E-state index in [-0.39, 0.29) is 12.5 Å². The van der Waals surface area contributed by atoms with E-state index in [0.717, 1.165) is 11.1 Å². The molecule has 0 spiro atoms. The van der Waals surface area contributed by atoms with Gasteiger partial charge < -0.3 is 14.6 Å². The van der Waals surface area contributed by atoms with Gasteiger partial charge in [0.25, 0.3) is 0 Å². The first-order chi connectivity index (χ1) is 10.3. The molecule has 3 nitrogen and oxygen atoms in total. The highest BCUT2D eigenvalue weighted by atomic mass is 16.7. The van der Waals surface area contributed by atoms with E-state index in [9.17, 15) is 5.11 Å². The molecule has 4 rings (SSSR count). The molecule has 3 heteroatoms. The van der Waals surface area contributed by atoms with Crippen LogP contribution < -0.4 is 0 Å². The van der Waals surface area contributed by atoms with Gasteiger partial charge in [-0.05, 0) is 17.2 Å². The van der Waals surface area contributed by atoms with Crippen molar-refractivity contribution in [2.75, 3.05) is 6.61 Å². The van der Waals surface area contributed by atoms with Gasteiger partial charge in [0.05, 0.1) is 12.2 Å². The maximum atomic E-state index is 9.68. The minimum absolute atomic E-state index is 0.0419. The van der Waals surface area contributed by atoms with Crippen molar-refractivity contribution in [3.8, 4) is 0 Å². The molecule has 0 amide bonds. The summed E-state index contributed by atoms with van der Waals surface area (Å²) in [5, 5.41) is 9.68. The van der Waals surface area contributed by atoms with Crippen molar-refractivity contribution in [2.45, 2.75) is 11.4 Å². The number of aliphatic hydroxyl groups is 1. The molecule has 2 aliphatic rings. The minimum atomic E-state index is -0.939. The van der Waals surface area contributed by atoms with E-state index in [4.69, 9.17) is 9.47 Å². The van der Waals surface area contributed by atoms with Crippen LogP contribution in [0, 0.1) is 5.92 Å². The second-order valence-electron chi connectivity index (χ2n) is 5.46. The lowest BCUT2D eigenvalue weighted by atomic mass is 9.67. The molecule has 2 aromatic carbocycles. The van der Waals surface area contributed by atoms with Gasteiger partial charge in [0.15, 0.2) is 0 Å². The maximum Gasteiger partial charge on any atom is 0.244 e. The van der Waals surface area contributed by atoms with Crippen molar-refractivity contribution < 1.29 is 14.6 Å². The van der Waals surface area contributed by atoms with Crippen LogP contribution in [0.2, 0.25) is 0 Å². The highest BCUT2D eigenvalue weighted by molar-refractivity contribution is 5.44. The molecule has 2 aliphatic heterocycles. The molecular formula is C18H16O3. The quantitative estimate of drug-likeness (QED) is 0.939. The Morgan fingerprint density at radius 3 is 2.00 bits per heavy atom. The third kappa shape index (κ3) is 1.56. The van der Waals surface area contributed by atoms with E-state index in [2.05, 4.69) is 24.3 Å². The lowest BCUT2D eigenvalue weighted by Gasteiger charge is -2.57. The van der Waals surface area contributed by atoms with Gasteiger partial charge in [-0.3, -0.25) is 0 Å². The molecule has 1 N–H and O–H groups in total. The topological polar surface area (TPSA) is 38.7 Å². The van der Waals surface area contributed by atoms with E-state index in [0.29, 0.717) is 0 Å². The molecule has 0 saturated carbocycles. The van der Waals surface area contributed by atoms with E-state index < -0.39 is 11.4 Å². The molecule has 2 aromatic rings. The van der Waals surface area contributed by atoms with Gasteiger partial charge in [-0.1, -0.05) is 60.7 Å². The molecular weight excluding hydrogens is 264 g/mol. The lowest BCUT2D eigenvalue weighted by Crippen LogP contribution is -2.67. The van der Waals surface area contributed by atoms with Crippen molar-refractivity contribution in [3.05, 3.63) is 84.1 Å². The lowest BCUT2D eigenvalue weighted by molar-refractivity contribution is -0.391. The fraction of sp³-hybridized carbons (Fsp3) is 0.222. The zero-order valence-electron chi connectivity index (χ0n) is 11.5. The first kappa shape index (κ1) is 12.6. The first-order valence-electron chi connectivity index (χ1n) is 7.08. The van der Waals surface area contributed by atoms with Crippen LogP contribution in [0.1, 0.15) is 11.1 Å². The molecule has 2 heterocycles. The average molecular weight is 280 g/mol. The van der Waals surface area contributed by atoms with Crippen molar-refractivity contribution in [1.82, 2.24) is 0 Å². The Labute approximate surface area is 123 Å². The molecule has 0 aliphatic carbocycles. The largest absolute Gasteiger partial charge is 0.467 e. The number of ether oxygens (including phenoxy) is 2. The van der Waals surface area contributed by atoms with Crippen LogP contribution in [0.5, 0.6) is 0 Å². The van der Waals surface area contributed by atoms with Crippen LogP contribution in [-0.2, 0) is 15.1 Å². The monoisotopic (exact) mass is 280 g/mol. The Morgan fingerprint density at radius 2 is 1.48 bits per heavy atom. The number of fused-ring (bicyclic) bond motifs is 1. The maximum absolute atomic E-state index is 9.68. The summed E-state index contributed by atoms with van der Waals surface area (Å²) in [7, 11) is 0. The summed E-state index contributed by atoms with van der Waals surface area (Å²) in [5.41, 5.74) is 1.54. The SMILES string of the molecule is OC[C@@]12OC=C[C@@H]1C(c1ccccc1)(c1ccccc1)O2. The third-order valence-corrected chi connectivity index (χ3v) is 4.41. The number of hydrogen-bond donors (Lipinski definition) is 1. The van der Waals surface area contributed by atoms with Gasteiger partial charge >= 0.3 is 0 Å². The van der Waals surface area contributed by atoms with Crippen LogP contribution in [-0.4, -0.2) is 17.5 Å². The number of rotatable bonds is 3. The van der Waals surface area contributed by atoms with Crippen LogP contribution in [0.15, 0.2) is 73.0 Å². The van der Waals surface area contributed by atoms with Crippen molar-refractivity contribution in [3.63, 3.8) is 0 Å². The van der Waals surface area contributed by atoms with Crippen LogP contribution in [0.25, 0.3) is 0 Å². The number of aliphatic hydroxyl groups excluding tert-OH is 1. The van der Waals surface area contributed by atoms with Crippen LogP contribution in [0.4, 0.5) is 0 Å². The molecule has 0 aromatic heterocycles. The van der Waals surface area contributed by atoms with Crippen molar-refractivity contribution in [2.24, 2.45) is 5.92 Å². The second kappa shape index (κ2) is 4.45. The fourth-order valence-corrected chi connectivity index (χ4v) is 3.45. The van der Waals surface area contributed by atoms with Gasteiger partial charge in [-0.2, -0.15) is 0 Å². The molecule has 2 atom stereocenters. The molecule has 1 fully saturated rings. The van der Waals surface area contributed by atoms with E-state index >= 15 is 0 Å². The summed E-state index contributed by atoms with van der Waals surface area (Å²) >= 11 is 0. The summed E-state index contributed by atoms with van der Waals surface area (Å²) in [5.74, 6) is -0.981. The summed E-state index contributed by atoms with van der Waals surface area (Å²) in [4.78, 5) is 0. The molecule has 0 radical (unpaired) electrons. The minimum Gasteiger partial charge on any atom is -0.467 e. The Bertz CT molecular complexity index is 626. The Hall–Kier alpha value is -2.10. The molecule has 21 heavy (non-hydrogen) atoms. The first-order valence-corrected chi connectivity index (χ1v) is 7.08.